The number of para-hydroxylation sites is 1. The Morgan fingerprint density at radius 1 is 0.289 bits per heavy atom. The van der Waals surface area contributed by atoms with Gasteiger partial charge in [0.15, 0.2) is 46.3 Å². The van der Waals surface area contributed by atoms with Crippen molar-refractivity contribution in [1.29, 1.82) is 5.26 Å². The van der Waals surface area contributed by atoms with Crippen LogP contribution in [0.3, 0.4) is 0 Å². The highest BCUT2D eigenvalue weighted by Gasteiger charge is 2.33. The summed E-state index contributed by atoms with van der Waals surface area (Å²) >= 11 is 0. The molecular formula is C97H59F6N11. The van der Waals surface area contributed by atoms with Crippen molar-refractivity contribution in [3.63, 3.8) is 0 Å². The summed E-state index contributed by atoms with van der Waals surface area (Å²) in [4.78, 5) is 37.3. The van der Waals surface area contributed by atoms with Crippen LogP contribution in [0.15, 0.2) is 322 Å². The molecule has 0 amide bonds. The average molecular weight is 1490 g/mol. The summed E-state index contributed by atoms with van der Waals surface area (Å²) in [6.45, 7) is 19.5. The predicted octanol–water partition coefficient (Wildman–Crippen LogP) is 26.2. The van der Waals surface area contributed by atoms with Crippen LogP contribution in [0.2, 0.25) is 0 Å². The molecule has 0 spiro atoms. The van der Waals surface area contributed by atoms with E-state index in [1.54, 1.807) is 30.3 Å². The van der Waals surface area contributed by atoms with Crippen LogP contribution in [-0.4, -0.2) is 39.0 Å². The first-order valence-corrected chi connectivity index (χ1v) is 36.3. The molecule has 4 aromatic heterocycles. The summed E-state index contributed by atoms with van der Waals surface area (Å²) in [6, 6.07) is 100.0. The van der Waals surface area contributed by atoms with E-state index in [0.29, 0.717) is 91.0 Å². The number of fused-ring (bicyclic) bond motifs is 6. The highest BCUT2D eigenvalue weighted by Crippen LogP contribution is 2.48. The molecule has 17 heteroatoms. The molecule has 544 valence electrons. The van der Waals surface area contributed by atoms with E-state index in [0.717, 1.165) is 129 Å². The molecule has 4 heterocycles. The number of rotatable bonds is 12. The fourth-order valence-corrected chi connectivity index (χ4v) is 14.6. The van der Waals surface area contributed by atoms with E-state index in [-0.39, 0.29) is 0 Å². The van der Waals surface area contributed by atoms with Crippen molar-refractivity contribution in [2.24, 2.45) is 0 Å². The lowest BCUT2D eigenvalue weighted by Crippen LogP contribution is -2.05. The number of aryl methyl sites for hydroxylation is 2. The van der Waals surface area contributed by atoms with E-state index in [1.165, 1.54) is 24.3 Å². The zero-order valence-corrected chi connectivity index (χ0v) is 60.8. The van der Waals surface area contributed by atoms with Crippen LogP contribution >= 0.6 is 0 Å². The summed E-state index contributed by atoms with van der Waals surface area (Å²) in [5.41, 5.74) is 16.9. The van der Waals surface area contributed by atoms with Crippen molar-refractivity contribution >= 4 is 55.0 Å². The van der Waals surface area contributed by atoms with Gasteiger partial charge in [-0.2, -0.15) is 31.6 Å². The van der Waals surface area contributed by atoms with Crippen molar-refractivity contribution in [3.8, 4) is 130 Å². The minimum atomic E-state index is -4.53. The second-order valence-corrected chi connectivity index (χ2v) is 27.5. The number of hydrogen-bond acceptors (Lipinski definition) is 7. The van der Waals surface area contributed by atoms with Crippen LogP contribution in [0.1, 0.15) is 27.8 Å². The zero-order chi connectivity index (χ0) is 78.4. The second-order valence-electron chi connectivity index (χ2n) is 27.5. The van der Waals surface area contributed by atoms with Crippen LogP contribution in [0.5, 0.6) is 0 Å². The molecule has 0 fully saturated rings. The van der Waals surface area contributed by atoms with Gasteiger partial charge in [0.25, 0.3) is 0 Å². The molecule has 0 saturated carbocycles. The fourth-order valence-electron chi connectivity index (χ4n) is 14.6. The summed E-state index contributed by atoms with van der Waals surface area (Å²) in [5.74, 6) is 2.70. The van der Waals surface area contributed by atoms with Gasteiger partial charge in [-0.1, -0.05) is 236 Å². The Morgan fingerprint density at radius 2 is 0.570 bits per heavy atom. The maximum atomic E-state index is 14.0. The minimum absolute atomic E-state index is 0.378. The first-order chi connectivity index (χ1) is 55.4. The Morgan fingerprint density at radius 3 is 0.895 bits per heavy atom. The molecule has 0 radical (unpaired) electrons. The molecule has 11 nitrogen and oxygen atoms in total. The van der Waals surface area contributed by atoms with Crippen molar-refractivity contribution in [2.75, 3.05) is 0 Å². The van der Waals surface area contributed by atoms with Gasteiger partial charge in [0.05, 0.1) is 69.3 Å². The summed E-state index contributed by atoms with van der Waals surface area (Å²) < 4.78 is 88.0. The van der Waals surface area contributed by atoms with E-state index in [9.17, 15) is 31.6 Å². The summed E-state index contributed by atoms with van der Waals surface area (Å²) in [7, 11) is 0. The summed E-state index contributed by atoms with van der Waals surface area (Å²) in [5, 5.41) is 13.3. The SMILES string of the molecule is [C-]#[N+]c1ccc2c(c1)c1cc(C#N)ccc1n2-c1c(-c2ccc(C)cc2)cc(-c2nc(-c3ccccc3)nc(-c3ccccc3)n2)cc1-c1ccc(C(F)(F)F)cc1.[C-]#[N+]c1ccc2c(c1)c1ccccc1n2-c1c(-c2ccc(C)cc2)cc(-c2nc(-c3ccccc3)nc(-c3ccccc3)n2)cc1-c1ccc(C(F)(F)F)cc1. The van der Waals surface area contributed by atoms with Gasteiger partial charge < -0.3 is 9.13 Å². The Labute approximate surface area is 650 Å². The third-order valence-corrected chi connectivity index (χ3v) is 20.1. The van der Waals surface area contributed by atoms with Gasteiger partial charge in [-0.3, -0.25) is 0 Å². The first-order valence-electron chi connectivity index (χ1n) is 36.3. The molecule has 0 aliphatic carbocycles. The fraction of sp³-hybridized carbons (Fsp3) is 0.0412. The minimum Gasteiger partial charge on any atom is -0.308 e. The lowest BCUT2D eigenvalue weighted by molar-refractivity contribution is -0.138. The van der Waals surface area contributed by atoms with Gasteiger partial charge >= 0.3 is 12.4 Å². The smallest absolute Gasteiger partial charge is 0.308 e. The van der Waals surface area contributed by atoms with Gasteiger partial charge in [0, 0.05) is 66.4 Å². The largest absolute Gasteiger partial charge is 0.416 e. The number of hydrogen-bond donors (Lipinski definition) is 0. The number of nitriles is 1. The molecule has 18 rings (SSSR count). The molecule has 0 aliphatic heterocycles. The third kappa shape index (κ3) is 13.9. The lowest BCUT2D eigenvalue weighted by Gasteiger charge is -2.21. The van der Waals surface area contributed by atoms with E-state index in [2.05, 4.69) is 43.1 Å². The van der Waals surface area contributed by atoms with E-state index in [4.69, 9.17) is 43.0 Å². The topological polar surface area (TPSA) is 120 Å². The molecule has 0 saturated heterocycles. The molecule has 0 N–H and O–H groups in total. The van der Waals surface area contributed by atoms with Crippen molar-refractivity contribution < 1.29 is 26.3 Å². The van der Waals surface area contributed by atoms with Gasteiger partial charge in [0.1, 0.15) is 0 Å². The first kappa shape index (κ1) is 71.7. The highest BCUT2D eigenvalue weighted by atomic mass is 19.4. The molecule has 0 bridgehead atoms. The Kier molecular flexibility index (Phi) is 18.6. The number of alkyl halides is 6. The monoisotopic (exact) mass is 1490 g/mol. The van der Waals surface area contributed by atoms with Crippen LogP contribution in [0.25, 0.3) is 178 Å². The lowest BCUT2D eigenvalue weighted by atomic mass is 9.91. The molecule has 18 aromatic rings. The maximum Gasteiger partial charge on any atom is 0.416 e. The molecular weight excluding hydrogens is 1430 g/mol. The highest BCUT2D eigenvalue weighted by molar-refractivity contribution is 6.14. The number of nitrogens with zero attached hydrogens (tertiary/aromatic N) is 11. The van der Waals surface area contributed by atoms with Crippen molar-refractivity contribution in [2.45, 2.75) is 26.2 Å². The maximum absolute atomic E-state index is 14.0. The number of halogens is 6. The van der Waals surface area contributed by atoms with E-state index in [1.807, 2.05) is 238 Å². The van der Waals surface area contributed by atoms with Crippen molar-refractivity contribution in [3.05, 3.63) is 372 Å². The molecule has 114 heavy (non-hydrogen) atoms. The predicted molar refractivity (Wildman–Crippen MR) is 439 cm³/mol. The standard InChI is InChI=1S/C49H29F3N6.C48H30F3N5/c1-30-13-16-32(17-14-30)39-26-36(48-56-46(34-9-5-3-6-10-34)55-47(57-48)35-11-7-4-8-12-35)27-40(33-18-20-37(21-19-33)49(50,51)52)45(39)58-43-23-15-31(29-53)25-41(43)42-28-38(54-2)22-24-44(42)58;1-30-17-19-31(20-18-30)39-27-35(47-54-45(33-11-5-3-6-12-33)53-46(55-47)34-13-7-4-8-14-34)28-40(32-21-23-36(24-22-32)48(49,50)51)44(39)56-42-16-10-9-15-38(42)41-29-37(52-2)25-26-43(41)56/h3-28H,1H3;3-29H,1H3. The van der Waals surface area contributed by atoms with Gasteiger partial charge in [0.2, 0.25) is 0 Å². The average Bonchev–Trinajstić information content (AvgIpc) is 1.60. The van der Waals surface area contributed by atoms with Gasteiger partial charge in [-0.15, -0.1) is 0 Å². The summed E-state index contributed by atoms with van der Waals surface area (Å²) in [6.07, 6.45) is -9.04. The van der Waals surface area contributed by atoms with Crippen LogP contribution in [-0.2, 0) is 12.4 Å². The second kappa shape index (κ2) is 29.6. The zero-order valence-electron chi connectivity index (χ0n) is 60.8. The van der Waals surface area contributed by atoms with Gasteiger partial charge in [-0.25, -0.2) is 39.6 Å². The Hall–Kier alpha value is -15.3. The van der Waals surface area contributed by atoms with Crippen LogP contribution in [0.4, 0.5) is 37.7 Å². The van der Waals surface area contributed by atoms with E-state index < -0.39 is 23.5 Å². The van der Waals surface area contributed by atoms with Crippen molar-refractivity contribution in [1.82, 2.24) is 39.0 Å². The van der Waals surface area contributed by atoms with E-state index >= 15 is 0 Å². The number of benzene rings is 14. The molecule has 0 atom stereocenters. The molecule has 14 aromatic carbocycles. The molecule has 0 aliphatic rings. The molecule has 0 unspecified atom stereocenters. The Balaban J connectivity index is 0.000000165. The third-order valence-electron chi connectivity index (χ3n) is 20.1. The van der Waals surface area contributed by atoms with Gasteiger partial charge in [-0.05, 0) is 144 Å². The number of aromatic nitrogens is 8. The normalized spacial score (nSPS) is 11.5. The Bertz CT molecular complexity index is 6700. The van der Waals surface area contributed by atoms with Crippen LogP contribution in [0, 0.1) is 38.3 Å². The quantitative estimate of drug-likeness (QED) is 0.0882. The van der Waals surface area contributed by atoms with Crippen LogP contribution < -0.4 is 0 Å².